The van der Waals surface area contributed by atoms with Crippen molar-refractivity contribution in [2.45, 2.75) is 17.9 Å². The van der Waals surface area contributed by atoms with Gasteiger partial charge in [0.25, 0.3) is 0 Å². The van der Waals surface area contributed by atoms with Crippen molar-refractivity contribution in [1.29, 1.82) is 0 Å². The van der Waals surface area contributed by atoms with E-state index < -0.39 is 16.0 Å². The number of carbonyl (C=O) groups excluding carboxylic acids is 1. The fraction of sp³-hybridized carbons (Fsp3) is 0.333. The quantitative estimate of drug-likeness (QED) is 0.815. The van der Waals surface area contributed by atoms with Crippen molar-refractivity contribution in [2.24, 2.45) is 0 Å². The highest BCUT2D eigenvalue weighted by Gasteiger charge is 2.36. The molecule has 1 aromatic carbocycles. The number of pyridine rings is 1. The lowest BCUT2D eigenvalue weighted by molar-refractivity contribution is 0.0599. The molecule has 1 saturated heterocycles. The van der Waals surface area contributed by atoms with Crippen molar-refractivity contribution in [3.63, 3.8) is 0 Å². The molecule has 1 aliphatic heterocycles. The molecule has 1 aromatic heterocycles. The first-order valence-electron chi connectivity index (χ1n) is 8.27. The molecular formula is C18H21N3O4S. The van der Waals surface area contributed by atoms with Crippen molar-refractivity contribution in [1.82, 2.24) is 14.6 Å². The number of benzene rings is 1. The summed E-state index contributed by atoms with van der Waals surface area (Å²) in [7, 11) is -2.52. The molecule has 2 heterocycles. The maximum atomic E-state index is 13.4. The number of rotatable bonds is 4. The van der Waals surface area contributed by atoms with Crippen molar-refractivity contribution < 1.29 is 17.9 Å². The van der Waals surface area contributed by atoms with Crippen LogP contribution in [-0.4, -0.2) is 50.4 Å². The molecular weight excluding hydrogens is 354 g/mol. The lowest BCUT2D eigenvalue weighted by Gasteiger charge is -2.35. The number of ether oxygens (including phenoxy) is 1. The number of methoxy groups -OCH3 is 1. The summed E-state index contributed by atoms with van der Waals surface area (Å²) in [5.74, 6) is -0.552. The van der Waals surface area contributed by atoms with Gasteiger partial charge in [-0.3, -0.25) is 4.98 Å². The molecule has 8 heteroatoms. The molecule has 0 amide bonds. The van der Waals surface area contributed by atoms with E-state index in [1.807, 2.05) is 6.07 Å². The molecule has 3 rings (SSSR count). The predicted molar refractivity (Wildman–Crippen MR) is 96.3 cm³/mol. The first kappa shape index (κ1) is 18.5. The zero-order valence-electron chi connectivity index (χ0n) is 14.7. The Morgan fingerprint density at radius 2 is 2.12 bits per heavy atom. The van der Waals surface area contributed by atoms with Gasteiger partial charge in [-0.2, -0.15) is 4.31 Å². The van der Waals surface area contributed by atoms with Crippen LogP contribution >= 0.6 is 0 Å². The van der Waals surface area contributed by atoms with Gasteiger partial charge < -0.3 is 10.1 Å². The zero-order chi connectivity index (χ0) is 18.7. The van der Waals surface area contributed by atoms with Crippen LogP contribution in [0.15, 0.2) is 47.6 Å². The van der Waals surface area contributed by atoms with Crippen LogP contribution in [0.3, 0.4) is 0 Å². The molecule has 0 radical (unpaired) electrons. The number of nitrogens with zero attached hydrogens (tertiary/aromatic N) is 2. The summed E-state index contributed by atoms with van der Waals surface area (Å²) < 4.78 is 33.0. The number of nitrogens with one attached hydrogen (secondary N) is 1. The highest BCUT2D eigenvalue weighted by molar-refractivity contribution is 7.89. The van der Waals surface area contributed by atoms with Crippen molar-refractivity contribution >= 4 is 16.0 Å². The number of hydrogen-bond donors (Lipinski definition) is 1. The molecule has 1 atom stereocenters. The van der Waals surface area contributed by atoms with E-state index in [2.05, 4.69) is 10.3 Å². The Bertz CT molecular complexity index is 900. The standard InChI is InChI=1S/C18H21N3O4S/c1-13-15(18(22)25-2)6-3-7-17(13)26(23,24)21-10-9-20-12-16(21)14-5-4-8-19-11-14/h3-8,11,16,20H,9-10,12H2,1-2H3. The van der Waals surface area contributed by atoms with Gasteiger partial charge in [-0.05, 0) is 36.2 Å². The first-order valence-corrected chi connectivity index (χ1v) is 9.71. The Morgan fingerprint density at radius 1 is 1.31 bits per heavy atom. The van der Waals surface area contributed by atoms with Crippen molar-refractivity contribution in [3.05, 3.63) is 59.4 Å². The maximum absolute atomic E-state index is 13.4. The van der Waals surface area contributed by atoms with Gasteiger partial charge in [0.15, 0.2) is 0 Å². The zero-order valence-corrected chi connectivity index (χ0v) is 15.5. The molecule has 138 valence electrons. The van der Waals surface area contributed by atoms with Crippen LogP contribution in [0.4, 0.5) is 0 Å². The third-order valence-corrected chi connectivity index (χ3v) is 6.59. The smallest absolute Gasteiger partial charge is 0.338 e. The van der Waals surface area contributed by atoms with E-state index in [4.69, 9.17) is 4.74 Å². The molecule has 1 fully saturated rings. The van der Waals surface area contributed by atoms with E-state index in [0.717, 1.165) is 5.56 Å². The van der Waals surface area contributed by atoms with Gasteiger partial charge in [0.1, 0.15) is 0 Å². The van der Waals surface area contributed by atoms with E-state index >= 15 is 0 Å². The number of esters is 1. The Kier molecular flexibility index (Phi) is 5.36. The average molecular weight is 375 g/mol. The summed E-state index contributed by atoms with van der Waals surface area (Å²) in [6.07, 6.45) is 3.33. The van der Waals surface area contributed by atoms with Gasteiger partial charge in [-0.1, -0.05) is 12.1 Å². The second kappa shape index (κ2) is 7.53. The van der Waals surface area contributed by atoms with Gasteiger partial charge in [-0.15, -0.1) is 0 Å². The van der Waals surface area contributed by atoms with Crippen LogP contribution in [0.2, 0.25) is 0 Å². The third kappa shape index (κ3) is 3.35. The fourth-order valence-electron chi connectivity index (χ4n) is 3.18. The molecule has 1 unspecified atom stereocenters. The monoisotopic (exact) mass is 375 g/mol. The Balaban J connectivity index is 2.05. The van der Waals surface area contributed by atoms with E-state index in [1.165, 1.54) is 17.5 Å². The van der Waals surface area contributed by atoms with Gasteiger partial charge in [-0.25, -0.2) is 13.2 Å². The predicted octanol–water partition coefficient (Wildman–Crippen LogP) is 1.51. The second-order valence-electron chi connectivity index (χ2n) is 6.04. The Hall–Kier alpha value is -2.29. The molecule has 1 N–H and O–H groups in total. The number of piperazine rings is 1. The van der Waals surface area contributed by atoms with Gasteiger partial charge in [0.2, 0.25) is 10.0 Å². The summed E-state index contributed by atoms with van der Waals surface area (Å²) in [5.41, 5.74) is 1.47. The largest absolute Gasteiger partial charge is 0.465 e. The SMILES string of the molecule is COC(=O)c1cccc(S(=O)(=O)N2CCNCC2c2cccnc2)c1C. The minimum atomic E-state index is -3.80. The number of carbonyl (C=O) groups is 1. The van der Waals surface area contributed by atoms with Crippen molar-refractivity contribution in [2.75, 3.05) is 26.7 Å². The van der Waals surface area contributed by atoms with Crippen molar-refractivity contribution in [3.8, 4) is 0 Å². The topological polar surface area (TPSA) is 88.6 Å². The normalized spacial score (nSPS) is 18.5. The van der Waals surface area contributed by atoms with Crippen LogP contribution in [0.25, 0.3) is 0 Å². The fourth-order valence-corrected chi connectivity index (χ4v) is 5.04. The molecule has 2 aromatic rings. The van der Waals surface area contributed by atoms with Crippen LogP contribution in [0.5, 0.6) is 0 Å². The van der Waals surface area contributed by atoms with Gasteiger partial charge in [0, 0.05) is 32.0 Å². The van der Waals surface area contributed by atoms with Gasteiger partial charge in [0.05, 0.1) is 23.6 Å². The summed E-state index contributed by atoms with van der Waals surface area (Å²) in [4.78, 5) is 16.2. The number of hydrogen-bond acceptors (Lipinski definition) is 6. The minimum Gasteiger partial charge on any atom is -0.465 e. The summed E-state index contributed by atoms with van der Waals surface area (Å²) in [6, 6.07) is 7.95. The van der Waals surface area contributed by atoms with Crippen LogP contribution in [0, 0.1) is 6.92 Å². The highest BCUT2D eigenvalue weighted by atomic mass is 32.2. The minimum absolute atomic E-state index is 0.121. The van der Waals surface area contributed by atoms with Crippen LogP contribution in [0.1, 0.15) is 27.5 Å². The van der Waals surface area contributed by atoms with Crippen LogP contribution in [-0.2, 0) is 14.8 Å². The maximum Gasteiger partial charge on any atom is 0.338 e. The summed E-state index contributed by atoms with van der Waals surface area (Å²) in [5, 5.41) is 3.23. The molecule has 0 saturated carbocycles. The summed E-state index contributed by atoms with van der Waals surface area (Å²) in [6.45, 7) is 3.02. The molecule has 0 bridgehead atoms. The molecule has 7 nitrogen and oxygen atoms in total. The third-order valence-electron chi connectivity index (χ3n) is 4.54. The van der Waals surface area contributed by atoms with E-state index in [0.29, 0.717) is 25.2 Å². The number of sulfonamides is 1. The van der Waals surface area contributed by atoms with E-state index in [1.54, 1.807) is 37.5 Å². The Morgan fingerprint density at radius 3 is 2.81 bits per heavy atom. The Labute approximate surface area is 153 Å². The lowest BCUT2D eigenvalue weighted by atomic mass is 10.1. The molecule has 0 aliphatic carbocycles. The van der Waals surface area contributed by atoms with Crippen LogP contribution < -0.4 is 5.32 Å². The average Bonchev–Trinajstić information content (AvgIpc) is 2.68. The first-order chi connectivity index (χ1) is 12.5. The molecule has 0 spiro atoms. The number of aromatic nitrogens is 1. The molecule has 26 heavy (non-hydrogen) atoms. The lowest BCUT2D eigenvalue weighted by Crippen LogP contribution is -2.48. The highest BCUT2D eigenvalue weighted by Crippen LogP contribution is 2.30. The second-order valence-corrected chi connectivity index (χ2v) is 7.90. The van der Waals surface area contributed by atoms with E-state index in [-0.39, 0.29) is 16.5 Å². The van der Waals surface area contributed by atoms with Gasteiger partial charge >= 0.3 is 5.97 Å². The van der Waals surface area contributed by atoms with E-state index in [9.17, 15) is 13.2 Å². The molecule has 1 aliphatic rings. The summed E-state index contributed by atoms with van der Waals surface area (Å²) >= 11 is 0.